The van der Waals surface area contributed by atoms with E-state index in [4.69, 9.17) is 4.74 Å². The standard InChI is InChI=1S/C18H35N3O2/c1-4-20(5-2)8-9-21(10-11-23-3)18(22)14-15-12-16-6-7-17(13-15)19-16/h15-17,19H,4-14H2,1-3H3. The normalized spacial score (nSPS) is 26.7. The zero-order valence-electron chi connectivity index (χ0n) is 15.2. The van der Waals surface area contributed by atoms with Crippen molar-refractivity contribution in [3.05, 3.63) is 0 Å². The van der Waals surface area contributed by atoms with Gasteiger partial charge in [-0.15, -0.1) is 0 Å². The Bertz CT molecular complexity index is 348. The van der Waals surface area contributed by atoms with E-state index in [1.807, 2.05) is 4.90 Å². The summed E-state index contributed by atoms with van der Waals surface area (Å²) in [7, 11) is 1.71. The fraction of sp³-hybridized carbons (Fsp3) is 0.944. The number of hydrogen-bond acceptors (Lipinski definition) is 4. The number of nitrogens with zero attached hydrogens (tertiary/aromatic N) is 2. The Labute approximate surface area is 141 Å². The van der Waals surface area contributed by atoms with Crippen LogP contribution in [-0.2, 0) is 9.53 Å². The van der Waals surface area contributed by atoms with Crippen molar-refractivity contribution in [3.8, 4) is 0 Å². The van der Waals surface area contributed by atoms with Gasteiger partial charge in [0.05, 0.1) is 6.61 Å². The fourth-order valence-corrected chi connectivity index (χ4v) is 4.08. The monoisotopic (exact) mass is 325 g/mol. The number of amides is 1. The Morgan fingerprint density at radius 1 is 1.09 bits per heavy atom. The highest BCUT2D eigenvalue weighted by molar-refractivity contribution is 5.76. The molecular formula is C18H35N3O2. The van der Waals surface area contributed by atoms with Gasteiger partial charge < -0.3 is 19.9 Å². The van der Waals surface area contributed by atoms with Gasteiger partial charge in [-0.1, -0.05) is 13.8 Å². The van der Waals surface area contributed by atoms with Crippen molar-refractivity contribution in [2.75, 3.05) is 46.4 Å². The van der Waals surface area contributed by atoms with Crippen molar-refractivity contribution in [1.82, 2.24) is 15.1 Å². The molecule has 0 spiro atoms. The van der Waals surface area contributed by atoms with Crippen molar-refractivity contribution < 1.29 is 9.53 Å². The second kappa shape index (κ2) is 9.60. The van der Waals surface area contributed by atoms with E-state index in [1.165, 1.54) is 25.7 Å². The molecule has 2 heterocycles. The predicted octanol–water partition coefficient (Wildman–Crippen LogP) is 1.72. The molecule has 2 saturated heterocycles. The van der Waals surface area contributed by atoms with Crippen LogP contribution in [0.4, 0.5) is 0 Å². The maximum absolute atomic E-state index is 12.8. The van der Waals surface area contributed by atoms with Crippen LogP contribution in [0, 0.1) is 5.92 Å². The molecule has 2 rings (SSSR count). The van der Waals surface area contributed by atoms with Gasteiger partial charge in [0.1, 0.15) is 0 Å². The second-order valence-corrected chi connectivity index (χ2v) is 7.08. The number of likely N-dealkylation sites (N-methyl/N-ethyl adjacent to an activating group) is 1. The van der Waals surface area contributed by atoms with Gasteiger partial charge in [0.2, 0.25) is 5.91 Å². The summed E-state index contributed by atoms with van der Waals surface area (Å²) in [6.45, 7) is 9.56. The highest BCUT2D eigenvalue weighted by Crippen LogP contribution is 2.32. The van der Waals surface area contributed by atoms with E-state index >= 15 is 0 Å². The Morgan fingerprint density at radius 2 is 1.74 bits per heavy atom. The lowest BCUT2D eigenvalue weighted by molar-refractivity contribution is -0.133. The molecule has 0 aliphatic carbocycles. The zero-order chi connectivity index (χ0) is 16.7. The molecule has 23 heavy (non-hydrogen) atoms. The molecule has 2 aliphatic heterocycles. The molecule has 134 valence electrons. The summed E-state index contributed by atoms with van der Waals surface area (Å²) in [5.41, 5.74) is 0. The lowest BCUT2D eigenvalue weighted by atomic mass is 9.89. The van der Waals surface area contributed by atoms with E-state index in [2.05, 4.69) is 24.1 Å². The van der Waals surface area contributed by atoms with E-state index < -0.39 is 0 Å². The number of hydrogen-bond donors (Lipinski definition) is 1. The lowest BCUT2D eigenvalue weighted by Crippen LogP contribution is -2.43. The van der Waals surface area contributed by atoms with Gasteiger partial charge in [0, 0.05) is 45.2 Å². The van der Waals surface area contributed by atoms with Gasteiger partial charge in [-0.3, -0.25) is 4.79 Å². The number of ether oxygens (including phenoxy) is 1. The summed E-state index contributed by atoms with van der Waals surface area (Å²) in [5, 5.41) is 3.66. The van der Waals surface area contributed by atoms with E-state index in [0.717, 1.165) is 32.6 Å². The predicted molar refractivity (Wildman–Crippen MR) is 93.5 cm³/mol. The maximum Gasteiger partial charge on any atom is 0.222 e. The van der Waals surface area contributed by atoms with Gasteiger partial charge in [0.25, 0.3) is 0 Å². The molecule has 0 radical (unpaired) electrons. The van der Waals surface area contributed by atoms with Crippen LogP contribution >= 0.6 is 0 Å². The van der Waals surface area contributed by atoms with Crippen LogP contribution < -0.4 is 5.32 Å². The van der Waals surface area contributed by atoms with Gasteiger partial charge in [-0.05, 0) is 44.7 Å². The number of nitrogens with one attached hydrogen (secondary N) is 1. The van der Waals surface area contributed by atoms with E-state index in [0.29, 0.717) is 37.1 Å². The van der Waals surface area contributed by atoms with E-state index in [9.17, 15) is 4.79 Å². The lowest BCUT2D eigenvalue weighted by Gasteiger charge is -2.31. The molecule has 0 saturated carbocycles. The molecule has 1 amide bonds. The van der Waals surface area contributed by atoms with Crippen molar-refractivity contribution in [1.29, 1.82) is 0 Å². The average molecular weight is 325 g/mol. The van der Waals surface area contributed by atoms with Gasteiger partial charge in [-0.25, -0.2) is 0 Å². The molecular weight excluding hydrogens is 290 g/mol. The van der Waals surface area contributed by atoms with Gasteiger partial charge in [0.15, 0.2) is 0 Å². The SMILES string of the molecule is CCN(CC)CCN(CCOC)C(=O)CC1CC2CCC(C1)N2. The first kappa shape index (κ1) is 18.7. The van der Waals surface area contributed by atoms with Crippen LogP contribution in [0.5, 0.6) is 0 Å². The summed E-state index contributed by atoms with van der Waals surface area (Å²) in [4.78, 5) is 17.2. The smallest absolute Gasteiger partial charge is 0.222 e. The molecule has 1 N–H and O–H groups in total. The Morgan fingerprint density at radius 3 is 2.30 bits per heavy atom. The number of rotatable bonds is 10. The molecule has 2 bridgehead atoms. The number of carbonyl (C=O) groups is 1. The quantitative estimate of drug-likeness (QED) is 0.664. The first-order chi connectivity index (χ1) is 11.2. The Balaban J connectivity index is 1.82. The summed E-state index contributed by atoms with van der Waals surface area (Å²) in [6.07, 6.45) is 5.67. The average Bonchev–Trinajstić information content (AvgIpc) is 2.89. The minimum Gasteiger partial charge on any atom is -0.383 e. The molecule has 0 aromatic carbocycles. The number of carbonyl (C=O) groups excluding carboxylic acids is 1. The summed E-state index contributed by atoms with van der Waals surface area (Å²) < 4.78 is 5.20. The maximum atomic E-state index is 12.8. The van der Waals surface area contributed by atoms with Crippen LogP contribution in [-0.4, -0.2) is 74.2 Å². The van der Waals surface area contributed by atoms with Gasteiger partial charge in [-0.2, -0.15) is 0 Å². The first-order valence-corrected chi connectivity index (χ1v) is 9.41. The van der Waals surface area contributed by atoms with Gasteiger partial charge >= 0.3 is 0 Å². The molecule has 2 unspecified atom stereocenters. The first-order valence-electron chi connectivity index (χ1n) is 9.41. The summed E-state index contributed by atoms with van der Waals surface area (Å²) in [5.74, 6) is 0.889. The Hall–Kier alpha value is -0.650. The third kappa shape index (κ3) is 5.73. The fourth-order valence-electron chi connectivity index (χ4n) is 4.08. The summed E-state index contributed by atoms with van der Waals surface area (Å²) in [6, 6.07) is 1.32. The third-order valence-electron chi connectivity index (χ3n) is 5.53. The molecule has 2 atom stereocenters. The Kier molecular flexibility index (Phi) is 7.80. The summed E-state index contributed by atoms with van der Waals surface area (Å²) >= 11 is 0. The van der Waals surface area contributed by atoms with E-state index in [1.54, 1.807) is 7.11 Å². The highest BCUT2D eigenvalue weighted by atomic mass is 16.5. The highest BCUT2D eigenvalue weighted by Gasteiger charge is 2.34. The molecule has 0 aromatic rings. The third-order valence-corrected chi connectivity index (χ3v) is 5.53. The van der Waals surface area contributed by atoms with Crippen LogP contribution in [0.15, 0.2) is 0 Å². The molecule has 0 aromatic heterocycles. The van der Waals surface area contributed by atoms with Crippen LogP contribution in [0.25, 0.3) is 0 Å². The molecule has 2 fully saturated rings. The van der Waals surface area contributed by atoms with Crippen molar-refractivity contribution in [2.24, 2.45) is 5.92 Å². The number of methoxy groups -OCH3 is 1. The minimum absolute atomic E-state index is 0.320. The molecule has 5 heteroatoms. The van der Waals surface area contributed by atoms with Crippen LogP contribution in [0.2, 0.25) is 0 Å². The van der Waals surface area contributed by atoms with Crippen molar-refractivity contribution in [3.63, 3.8) is 0 Å². The topological polar surface area (TPSA) is 44.8 Å². The minimum atomic E-state index is 0.320. The van der Waals surface area contributed by atoms with Crippen LogP contribution in [0.1, 0.15) is 46.0 Å². The largest absolute Gasteiger partial charge is 0.383 e. The molecule has 2 aliphatic rings. The van der Waals surface area contributed by atoms with E-state index in [-0.39, 0.29) is 0 Å². The van der Waals surface area contributed by atoms with Crippen molar-refractivity contribution >= 4 is 5.91 Å². The van der Waals surface area contributed by atoms with Crippen molar-refractivity contribution in [2.45, 2.75) is 58.0 Å². The van der Waals surface area contributed by atoms with Crippen LogP contribution in [0.3, 0.4) is 0 Å². The number of piperidine rings is 1. The molecule has 5 nitrogen and oxygen atoms in total. The second-order valence-electron chi connectivity index (χ2n) is 7.08. The zero-order valence-corrected chi connectivity index (χ0v) is 15.2. The number of fused-ring (bicyclic) bond motifs is 2.